The number of nitrogens with one attached hydrogen (secondary N) is 2. The minimum atomic E-state index is -3.80. The van der Waals surface area contributed by atoms with Gasteiger partial charge < -0.3 is 5.32 Å². The van der Waals surface area contributed by atoms with Crippen LogP contribution >= 0.6 is 0 Å². The van der Waals surface area contributed by atoms with Crippen molar-refractivity contribution in [2.45, 2.75) is 18.4 Å². The van der Waals surface area contributed by atoms with Crippen LogP contribution in [-0.4, -0.2) is 18.4 Å². The predicted octanol–water partition coefficient (Wildman–Crippen LogP) is 4.35. The summed E-state index contributed by atoms with van der Waals surface area (Å²) in [5.41, 5.74) is 3.33. The maximum Gasteiger partial charge on any atom is 0.263 e. The van der Waals surface area contributed by atoms with Crippen LogP contribution in [0.1, 0.15) is 11.1 Å². The molecule has 4 aromatic rings. The first kappa shape index (κ1) is 18.9. The van der Waals surface area contributed by atoms with Crippen LogP contribution in [0.25, 0.3) is 11.0 Å². The number of sulfonamides is 1. The maximum absolute atomic E-state index is 12.9. The largest absolute Gasteiger partial charge is 0.363 e. The normalized spacial score (nSPS) is 11.3. The van der Waals surface area contributed by atoms with E-state index in [2.05, 4.69) is 20.0 Å². The van der Waals surface area contributed by atoms with Crippen LogP contribution in [0.15, 0.2) is 83.8 Å². The highest BCUT2D eigenvalue weighted by Crippen LogP contribution is 2.25. The van der Waals surface area contributed by atoms with Crippen molar-refractivity contribution >= 4 is 32.7 Å². The molecule has 4 rings (SSSR count). The Kier molecular flexibility index (Phi) is 5.14. The zero-order chi connectivity index (χ0) is 20.3. The fourth-order valence-corrected chi connectivity index (χ4v) is 3.89. The smallest absolute Gasteiger partial charge is 0.263 e. The topological polar surface area (TPSA) is 84.0 Å². The van der Waals surface area contributed by atoms with Crippen LogP contribution in [0.5, 0.6) is 0 Å². The molecule has 146 valence electrons. The van der Waals surface area contributed by atoms with E-state index in [9.17, 15) is 8.42 Å². The molecule has 0 amide bonds. The number of hydrogen-bond donors (Lipinski definition) is 2. The van der Waals surface area contributed by atoms with Crippen molar-refractivity contribution in [1.82, 2.24) is 9.97 Å². The first-order chi connectivity index (χ1) is 14.0. The zero-order valence-electron chi connectivity index (χ0n) is 15.8. The average molecular weight is 404 g/mol. The summed E-state index contributed by atoms with van der Waals surface area (Å²) in [5.74, 6) is 0.545. The fraction of sp³-hybridized carbons (Fsp3) is 0.0909. The first-order valence-corrected chi connectivity index (χ1v) is 10.6. The molecule has 0 saturated carbocycles. The van der Waals surface area contributed by atoms with Gasteiger partial charge in [-0.3, -0.25) is 4.72 Å². The first-order valence-electron chi connectivity index (χ1n) is 9.15. The van der Waals surface area contributed by atoms with E-state index in [-0.39, 0.29) is 10.7 Å². The zero-order valence-corrected chi connectivity index (χ0v) is 16.6. The third-order valence-electron chi connectivity index (χ3n) is 4.44. The van der Waals surface area contributed by atoms with Gasteiger partial charge in [0.1, 0.15) is 0 Å². The SMILES string of the molecule is Cc1ccc(S(=O)(=O)Nc2nc3ccccc3nc2NCc2ccccc2)cc1. The average Bonchev–Trinajstić information content (AvgIpc) is 2.73. The van der Waals surface area contributed by atoms with Gasteiger partial charge in [-0.05, 0) is 36.8 Å². The molecule has 0 spiro atoms. The van der Waals surface area contributed by atoms with Gasteiger partial charge in [0.2, 0.25) is 0 Å². The monoisotopic (exact) mass is 404 g/mol. The summed E-state index contributed by atoms with van der Waals surface area (Å²) in [5, 5.41) is 3.20. The van der Waals surface area contributed by atoms with Crippen molar-refractivity contribution in [3.8, 4) is 0 Å². The van der Waals surface area contributed by atoms with E-state index in [0.29, 0.717) is 23.4 Å². The van der Waals surface area contributed by atoms with Crippen LogP contribution in [0.2, 0.25) is 0 Å². The summed E-state index contributed by atoms with van der Waals surface area (Å²) in [7, 11) is -3.80. The number of para-hydroxylation sites is 2. The van der Waals surface area contributed by atoms with E-state index in [4.69, 9.17) is 0 Å². The summed E-state index contributed by atoms with van der Waals surface area (Å²) >= 11 is 0. The van der Waals surface area contributed by atoms with Gasteiger partial charge in [0.05, 0.1) is 15.9 Å². The number of hydrogen-bond acceptors (Lipinski definition) is 5. The highest BCUT2D eigenvalue weighted by molar-refractivity contribution is 7.92. The molecule has 0 aliphatic heterocycles. The van der Waals surface area contributed by atoms with Crippen LogP contribution in [0.4, 0.5) is 11.6 Å². The Labute approximate surface area is 169 Å². The molecule has 1 heterocycles. The van der Waals surface area contributed by atoms with E-state index >= 15 is 0 Å². The van der Waals surface area contributed by atoms with Crippen LogP contribution in [-0.2, 0) is 16.6 Å². The van der Waals surface area contributed by atoms with Gasteiger partial charge in [-0.15, -0.1) is 0 Å². The van der Waals surface area contributed by atoms with Crippen molar-refractivity contribution in [2.75, 3.05) is 10.0 Å². The van der Waals surface area contributed by atoms with E-state index in [1.807, 2.05) is 55.5 Å². The summed E-state index contributed by atoms with van der Waals surface area (Å²) < 4.78 is 28.3. The Bertz CT molecular complexity index is 1240. The van der Waals surface area contributed by atoms with Crippen molar-refractivity contribution in [3.63, 3.8) is 0 Å². The van der Waals surface area contributed by atoms with E-state index in [0.717, 1.165) is 11.1 Å². The lowest BCUT2D eigenvalue weighted by Crippen LogP contribution is -2.16. The molecule has 7 heteroatoms. The summed E-state index contributed by atoms with van der Waals surface area (Å²) in [4.78, 5) is 9.26. The lowest BCUT2D eigenvalue weighted by molar-refractivity contribution is 0.601. The van der Waals surface area contributed by atoms with E-state index in [1.165, 1.54) is 0 Å². The molecule has 0 aliphatic rings. The van der Waals surface area contributed by atoms with Crippen LogP contribution in [0.3, 0.4) is 0 Å². The van der Waals surface area contributed by atoms with Gasteiger partial charge in [-0.1, -0.05) is 60.2 Å². The van der Waals surface area contributed by atoms with Gasteiger partial charge in [0.25, 0.3) is 10.0 Å². The highest BCUT2D eigenvalue weighted by Gasteiger charge is 2.18. The quantitative estimate of drug-likeness (QED) is 0.499. The molecule has 3 aromatic carbocycles. The molecule has 0 unspecified atom stereocenters. The van der Waals surface area contributed by atoms with Gasteiger partial charge in [-0.2, -0.15) is 0 Å². The molecule has 29 heavy (non-hydrogen) atoms. The van der Waals surface area contributed by atoms with Crippen molar-refractivity contribution < 1.29 is 8.42 Å². The van der Waals surface area contributed by atoms with Gasteiger partial charge in [0, 0.05) is 6.54 Å². The number of aryl methyl sites for hydroxylation is 1. The highest BCUT2D eigenvalue weighted by atomic mass is 32.2. The molecule has 0 radical (unpaired) electrons. The molecule has 0 bridgehead atoms. The summed E-state index contributed by atoms with van der Waals surface area (Å²) in [6, 6.07) is 23.8. The van der Waals surface area contributed by atoms with Gasteiger partial charge >= 0.3 is 0 Å². The molecule has 0 fully saturated rings. The lowest BCUT2D eigenvalue weighted by atomic mass is 10.2. The number of rotatable bonds is 6. The van der Waals surface area contributed by atoms with E-state index in [1.54, 1.807) is 30.3 Å². The Morgan fingerprint density at radius 2 is 1.34 bits per heavy atom. The number of anilines is 2. The van der Waals surface area contributed by atoms with E-state index < -0.39 is 10.0 Å². The van der Waals surface area contributed by atoms with Crippen LogP contribution in [0, 0.1) is 6.92 Å². The molecular formula is C22H20N4O2S. The Balaban J connectivity index is 1.70. The van der Waals surface area contributed by atoms with Gasteiger partial charge in [-0.25, -0.2) is 18.4 Å². The summed E-state index contributed by atoms with van der Waals surface area (Å²) in [6.45, 7) is 2.40. The Hall–Kier alpha value is -3.45. The van der Waals surface area contributed by atoms with Gasteiger partial charge in [0.15, 0.2) is 11.6 Å². The van der Waals surface area contributed by atoms with Crippen LogP contribution < -0.4 is 10.0 Å². The second-order valence-electron chi connectivity index (χ2n) is 6.67. The molecule has 1 aromatic heterocycles. The Morgan fingerprint density at radius 1 is 0.759 bits per heavy atom. The number of nitrogens with zero attached hydrogens (tertiary/aromatic N) is 2. The second kappa shape index (κ2) is 7.89. The number of benzene rings is 3. The van der Waals surface area contributed by atoms with Crippen molar-refractivity contribution in [1.29, 1.82) is 0 Å². The van der Waals surface area contributed by atoms with Crippen molar-refractivity contribution in [2.24, 2.45) is 0 Å². The molecule has 0 atom stereocenters. The third kappa shape index (κ3) is 4.35. The van der Waals surface area contributed by atoms with Crippen molar-refractivity contribution in [3.05, 3.63) is 90.0 Å². The molecule has 6 nitrogen and oxygen atoms in total. The molecule has 0 saturated heterocycles. The predicted molar refractivity (Wildman–Crippen MR) is 115 cm³/mol. The number of fused-ring (bicyclic) bond motifs is 1. The third-order valence-corrected chi connectivity index (χ3v) is 5.79. The standard InChI is InChI=1S/C22H20N4O2S/c1-16-11-13-18(14-12-16)29(27,28)26-22-21(23-15-17-7-3-2-4-8-17)24-19-9-5-6-10-20(19)25-22/h2-14H,15H2,1H3,(H,23,24)(H,25,26). The summed E-state index contributed by atoms with van der Waals surface area (Å²) in [6.07, 6.45) is 0. The lowest BCUT2D eigenvalue weighted by Gasteiger charge is -2.14. The molecule has 2 N–H and O–H groups in total. The number of aromatic nitrogens is 2. The fourth-order valence-electron chi connectivity index (χ4n) is 2.88. The Morgan fingerprint density at radius 3 is 2.00 bits per heavy atom. The minimum Gasteiger partial charge on any atom is -0.363 e. The maximum atomic E-state index is 12.9. The molecule has 0 aliphatic carbocycles. The second-order valence-corrected chi connectivity index (χ2v) is 8.35. The molecular weight excluding hydrogens is 384 g/mol. The minimum absolute atomic E-state index is 0.167.